The van der Waals surface area contributed by atoms with Crippen LogP contribution < -0.4 is 0 Å². The predicted octanol–water partition coefficient (Wildman–Crippen LogP) is 3.27. The van der Waals surface area contributed by atoms with Crippen LogP contribution in [0.1, 0.15) is 5.56 Å². The van der Waals surface area contributed by atoms with Crippen LogP contribution in [-0.4, -0.2) is 6.29 Å². The first-order chi connectivity index (χ1) is 5.74. The van der Waals surface area contributed by atoms with E-state index in [0.717, 1.165) is 11.8 Å². The molecule has 3 heteroatoms. The minimum Gasteiger partial charge on any atom is -0.297 e. The van der Waals surface area contributed by atoms with E-state index < -0.39 is 0 Å². The highest BCUT2D eigenvalue weighted by Crippen LogP contribution is 2.19. The van der Waals surface area contributed by atoms with E-state index in [1.54, 1.807) is 12.1 Å². The maximum Gasteiger partial charge on any atom is 0.157 e. The Balaban J connectivity index is 3.04. The number of benzene rings is 1. The average molecular weight is 246 g/mol. The molecule has 0 heterocycles. The molecular formula is C9H6BrClO. The number of aldehydes is 1. The Morgan fingerprint density at radius 2 is 2.08 bits per heavy atom. The van der Waals surface area contributed by atoms with Crippen molar-refractivity contribution in [3.8, 4) is 0 Å². The Morgan fingerprint density at radius 1 is 1.42 bits per heavy atom. The second kappa shape index (κ2) is 4.43. The molecular weight excluding hydrogens is 239 g/mol. The molecule has 0 bridgehead atoms. The van der Waals surface area contributed by atoms with Crippen LogP contribution >= 0.6 is 27.5 Å². The molecule has 0 saturated heterocycles. The Labute approximate surface area is 84.2 Å². The SMILES string of the molecule is O=CC(Br)=Cc1ccccc1Cl. The number of carbonyl (C=O) groups excluding carboxylic acids is 1. The summed E-state index contributed by atoms with van der Waals surface area (Å²) in [6.07, 6.45) is 2.40. The molecule has 0 spiro atoms. The lowest BCUT2D eigenvalue weighted by Gasteiger charge is -1.95. The summed E-state index contributed by atoms with van der Waals surface area (Å²) in [5.41, 5.74) is 0.832. The summed E-state index contributed by atoms with van der Waals surface area (Å²) in [6, 6.07) is 7.32. The summed E-state index contributed by atoms with van der Waals surface area (Å²) in [7, 11) is 0. The first-order valence-corrected chi connectivity index (χ1v) is 4.48. The summed E-state index contributed by atoms with van der Waals surface area (Å²) in [6.45, 7) is 0. The Kier molecular flexibility index (Phi) is 3.50. The number of hydrogen-bond donors (Lipinski definition) is 0. The monoisotopic (exact) mass is 244 g/mol. The van der Waals surface area contributed by atoms with Crippen LogP contribution in [0.25, 0.3) is 6.08 Å². The largest absolute Gasteiger partial charge is 0.297 e. The van der Waals surface area contributed by atoms with E-state index in [0.29, 0.717) is 9.51 Å². The lowest BCUT2D eigenvalue weighted by Crippen LogP contribution is -1.76. The summed E-state index contributed by atoms with van der Waals surface area (Å²) in [5, 5.41) is 0.635. The third-order valence-electron chi connectivity index (χ3n) is 1.31. The zero-order chi connectivity index (χ0) is 8.97. The van der Waals surface area contributed by atoms with Crippen molar-refractivity contribution in [1.29, 1.82) is 0 Å². The number of allylic oxidation sites excluding steroid dienone is 1. The molecule has 1 aromatic carbocycles. The highest BCUT2D eigenvalue weighted by molar-refractivity contribution is 9.12. The van der Waals surface area contributed by atoms with E-state index >= 15 is 0 Å². The van der Waals surface area contributed by atoms with Crippen molar-refractivity contribution in [1.82, 2.24) is 0 Å². The quantitative estimate of drug-likeness (QED) is 0.577. The minimum atomic E-state index is 0.482. The molecule has 0 aliphatic carbocycles. The zero-order valence-corrected chi connectivity index (χ0v) is 8.47. The van der Waals surface area contributed by atoms with Gasteiger partial charge in [-0.3, -0.25) is 4.79 Å². The van der Waals surface area contributed by atoms with Gasteiger partial charge in [0, 0.05) is 5.02 Å². The third kappa shape index (κ3) is 2.47. The van der Waals surface area contributed by atoms with E-state index in [1.165, 1.54) is 0 Å². The van der Waals surface area contributed by atoms with Gasteiger partial charge in [-0.25, -0.2) is 0 Å². The molecule has 0 radical (unpaired) electrons. The molecule has 1 nitrogen and oxygen atoms in total. The van der Waals surface area contributed by atoms with Crippen LogP contribution in [0.5, 0.6) is 0 Å². The Morgan fingerprint density at radius 3 is 2.67 bits per heavy atom. The standard InChI is InChI=1S/C9H6BrClO/c10-8(6-12)5-7-3-1-2-4-9(7)11/h1-6H. The van der Waals surface area contributed by atoms with Crippen molar-refractivity contribution in [3.05, 3.63) is 39.3 Å². The molecule has 0 amide bonds. The smallest absolute Gasteiger partial charge is 0.157 e. The van der Waals surface area contributed by atoms with Crippen LogP contribution in [0.3, 0.4) is 0 Å². The molecule has 0 fully saturated rings. The van der Waals surface area contributed by atoms with Crippen molar-refractivity contribution in [2.75, 3.05) is 0 Å². The van der Waals surface area contributed by atoms with Gasteiger partial charge in [-0.15, -0.1) is 0 Å². The van der Waals surface area contributed by atoms with Crippen LogP contribution in [0.15, 0.2) is 28.7 Å². The summed E-state index contributed by atoms with van der Waals surface area (Å²) in [4.78, 5) is 10.3. The molecule has 62 valence electrons. The molecule has 0 aromatic heterocycles. The lowest BCUT2D eigenvalue weighted by molar-refractivity contribution is -0.104. The van der Waals surface area contributed by atoms with Gasteiger partial charge in [-0.2, -0.15) is 0 Å². The van der Waals surface area contributed by atoms with E-state index in [4.69, 9.17) is 11.6 Å². The lowest BCUT2D eigenvalue weighted by atomic mass is 10.2. The first-order valence-electron chi connectivity index (χ1n) is 3.31. The second-order valence-corrected chi connectivity index (χ2v) is 3.49. The van der Waals surface area contributed by atoms with E-state index in [-0.39, 0.29) is 0 Å². The van der Waals surface area contributed by atoms with Gasteiger partial charge in [0.05, 0.1) is 4.48 Å². The van der Waals surface area contributed by atoms with Gasteiger partial charge in [-0.1, -0.05) is 29.8 Å². The van der Waals surface area contributed by atoms with Crippen LogP contribution in [0, 0.1) is 0 Å². The van der Waals surface area contributed by atoms with Gasteiger partial charge < -0.3 is 0 Å². The fraction of sp³-hybridized carbons (Fsp3) is 0. The van der Waals surface area contributed by atoms with Crippen molar-refractivity contribution in [2.45, 2.75) is 0 Å². The van der Waals surface area contributed by atoms with E-state index in [1.807, 2.05) is 18.2 Å². The summed E-state index contributed by atoms with van der Waals surface area (Å²) in [5.74, 6) is 0. The van der Waals surface area contributed by atoms with E-state index in [2.05, 4.69) is 15.9 Å². The normalized spacial score (nSPS) is 11.3. The predicted molar refractivity (Wildman–Crippen MR) is 54.4 cm³/mol. The van der Waals surface area contributed by atoms with Crippen LogP contribution in [-0.2, 0) is 4.79 Å². The van der Waals surface area contributed by atoms with E-state index in [9.17, 15) is 4.79 Å². The van der Waals surface area contributed by atoms with Gasteiger partial charge in [0.2, 0.25) is 0 Å². The van der Waals surface area contributed by atoms with Crippen molar-refractivity contribution >= 4 is 39.9 Å². The molecule has 0 unspecified atom stereocenters. The molecule has 0 aliphatic rings. The highest BCUT2D eigenvalue weighted by Gasteiger charge is 1.95. The number of rotatable bonds is 2. The maximum absolute atomic E-state index is 10.3. The number of halogens is 2. The van der Waals surface area contributed by atoms with Crippen LogP contribution in [0.2, 0.25) is 5.02 Å². The molecule has 12 heavy (non-hydrogen) atoms. The summed E-state index contributed by atoms with van der Waals surface area (Å²) >= 11 is 8.93. The molecule has 0 N–H and O–H groups in total. The molecule has 0 saturated carbocycles. The maximum atomic E-state index is 10.3. The highest BCUT2D eigenvalue weighted by atomic mass is 79.9. The van der Waals surface area contributed by atoms with Crippen LogP contribution in [0.4, 0.5) is 0 Å². The number of hydrogen-bond acceptors (Lipinski definition) is 1. The Hall–Kier alpha value is -0.600. The molecule has 0 aliphatic heterocycles. The van der Waals surface area contributed by atoms with Crippen molar-refractivity contribution < 1.29 is 4.79 Å². The van der Waals surface area contributed by atoms with Gasteiger partial charge in [0.15, 0.2) is 6.29 Å². The van der Waals surface area contributed by atoms with Crippen molar-refractivity contribution in [2.24, 2.45) is 0 Å². The number of carbonyl (C=O) groups is 1. The van der Waals surface area contributed by atoms with Gasteiger partial charge in [0.25, 0.3) is 0 Å². The van der Waals surface area contributed by atoms with Gasteiger partial charge in [0.1, 0.15) is 0 Å². The molecule has 1 aromatic rings. The molecule has 0 atom stereocenters. The first kappa shape index (κ1) is 9.49. The third-order valence-corrected chi connectivity index (χ3v) is 2.07. The summed E-state index contributed by atoms with van der Waals surface area (Å²) < 4.78 is 0.482. The topological polar surface area (TPSA) is 17.1 Å². The molecule has 1 rings (SSSR count). The second-order valence-electron chi connectivity index (χ2n) is 2.17. The average Bonchev–Trinajstić information content (AvgIpc) is 2.09. The van der Waals surface area contributed by atoms with Gasteiger partial charge >= 0.3 is 0 Å². The fourth-order valence-electron chi connectivity index (χ4n) is 0.775. The van der Waals surface area contributed by atoms with Crippen molar-refractivity contribution in [3.63, 3.8) is 0 Å². The zero-order valence-electron chi connectivity index (χ0n) is 6.13. The minimum absolute atomic E-state index is 0.482. The fourth-order valence-corrected chi connectivity index (χ4v) is 1.21. The van der Waals surface area contributed by atoms with Gasteiger partial charge in [-0.05, 0) is 33.6 Å². The Bertz CT molecular complexity index is 320.